The maximum atomic E-state index is 13.5. The van der Waals surface area contributed by atoms with Crippen LogP contribution in [0, 0.1) is 12.7 Å². The molecule has 0 saturated heterocycles. The highest BCUT2D eigenvalue weighted by Crippen LogP contribution is 2.25. The summed E-state index contributed by atoms with van der Waals surface area (Å²) in [4.78, 5) is 0. The van der Waals surface area contributed by atoms with Crippen molar-refractivity contribution in [3.63, 3.8) is 0 Å². The predicted octanol–water partition coefficient (Wildman–Crippen LogP) is 4.96. The zero-order valence-corrected chi connectivity index (χ0v) is 13.3. The fourth-order valence-corrected chi connectivity index (χ4v) is 2.55. The molecule has 21 heavy (non-hydrogen) atoms. The first kappa shape index (κ1) is 15.7. The van der Waals surface area contributed by atoms with Crippen molar-refractivity contribution in [2.45, 2.75) is 39.7 Å². The van der Waals surface area contributed by atoms with Gasteiger partial charge in [-0.25, -0.2) is 4.39 Å². The van der Waals surface area contributed by atoms with Crippen LogP contribution in [0.3, 0.4) is 0 Å². The SMILES string of the molecule is CCNC(c1ccc(C(C)C)cc1)c1ccc(F)c(C)c1. The molecule has 0 saturated carbocycles. The first-order chi connectivity index (χ1) is 10.0. The lowest BCUT2D eigenvalue weighted by Gasteiger charge is -2.20. The van der Waals surface area contributed by atoms with Crippen LogP contribution in [0.15, 0.2) is 42.5 Å². The maximum absolute atomic E-state index is 13.5. The Morgan fingerprint density at radius 3 is 2.05 bits per heavy atom. The summed E-state index contributed by atoms with van der Waals surface area (Å²) in [6, 6.07) is 14.2. The summed E-state index contributed by atoms with van der Waals surface area (Å²) < 4.78 is 13.5. The van der Waals surface area contributed by atoms with Gasteiger partial charge in [0.25, 0.3) is 0 Å². The molecule has 0 aromatic heterocycles. The van der Waals surface area contributed by atoms with E-state index < -0.39 is 0 Å². The van der Waals surface area contributed by atoms with Crippen LogP contribution in [0.5, 0.6) is 0 Å². The smallest absolute Gasteiger partial charge is 0.126 e. The lowest BCUT2D eigenvalue weighted by Crippen LogP contribution is -2.22. The lowest BCUT2D eigenvalue weighted by atomic mass is 9.94. The molecule has 0 spiro atoms. The van der Waals surface area contributed by atoms with Crippen molar-refractivity contribution in [3.05, 3.63) is 70.5 Å². The number of hydrogen-bond donors (Lipinski definition) is 1. The molecule has 2 heteroatoms. The molecule has 0 heterocycles. The molecule has 2 aromatic carbocycles. The highest BCUT2D eigenvalue weighted by molar-refractivity contribution is 5.36. The molecule has 0 bridgehead atoms. The Bertz CT molecular complexity index is 587. The summed E-state index contributed by atoms with van der Waals surface area (Å²) >= 11 is 0. The lowest BCUT2D eigenvalue weighted by molar-refractivity contribution is 0.606. The summed E-state index contributed by atoms with van der Waals surface area (Å²) in [5.74, 6) is 0.383. The molecule has 2 rings (SSSR count). The monoisotopic (exact) mass is 285 g/mol. The number of halogens is 1. The Kier molecular flexibility index (Phi) is 5.13. The second-order valence-electron chi connectivity index (χ2n) is 5.82. The average Bonchev–Trinajstić information content (AvgIpc) is 2.48. The summed E-state index contributed by atoms with van der Waals surface area (Å²) in [5.41, 5.74) is 4.35. The van der Waals surface area contributed by atoms with Crippen molar-refractivity contribution in [1.29, 1.82) is 0 Å². The van der Waals surface area contributed by atoms with E-state index in [-0.39, 0.29) is 11.9 Å². The number of hydrogen-bond acceptors (Lipinski definition) is 1. The zero-order chi connectivity index (χ0) is 15.4. The molecule has 0 aliphatic heterocycles. The Morgan fingerprint density at radius 2 is 1.52 bits per heavy atom. The van der Waals surface area contributed by atoms with Gasteiger partial charge in [-0.1, -0.05) is 57.2 Å². The second-order valence-corrected chi connectivity index (χ2v) is 5.82. The minimum atomic E-state index is -0.149. The van der Waals surface area contributed by atoms with Crippen molar-refractivity contribution in [1.82, 2.24) is 5.32 Å². The highest BCUT2D eigenvalue weighted by Gasteiger charge is 2.14. The Labute approximate surface area is 127 Å². The minimum Gasteiger partial charge on any atom is -0.307 e. The van der Waals surface area contributed by atoms with Crippen LogP contribution in [-0.2, 0) is 0 Å². The first-order valence-electron chi connectivity index (χ1n) is 7.62. The van der Waals surface area contributed by atoms with Crippen molar-refractivity contribution in [3.8, 4) is 0 Å². The molecule has 2 aromatic rings. The summed E-state index contributed by atoms with van der Waals surface area (Å²) in [7, 11) is 0. The third-order valence-electron chi connectivity index (χ3n) is 3.86. The summed E-state index contributed by atoms with van der Waals surface area (Å²) in [5, 5.41) is 3.49. The van der Waals surface area contributed by atoms with Gasteiger partial charge in [-0.2, -0.15) is 0 Å². The van der Waals surface area contributed by atoms with Crippen LogP contribution in [0.25, 0.3) is 0 Å². The van der Waals surface area contributed by atoms with Crippen LogP contribution < -0.4 is 5.32 Å². The van der Waals surface area contributed by atoms with Crippen LogP contribution in [0.2, 0.25) is 0 Å². The van der Waals surface area contributed by atoms with E-state index in [0.29, 0.717) is 11.5 Å². The van der Waals surface area contributed by atoms with Gasteiger partial charge in [0.2, 0.25) is 0 Å². The molecular formula is C19H24FN. The molecule has 112 valence electrons. The number of nitrogens with one attached hydrogen (secondary N) is 1. The molecule has 0 aliphatic rings. The van der Waals surface area contributed by atoms with E-state index in [9.17, 15) is 4.39 Å². The third-order valence-corrected chi connectivity index (χ3v) is 3.86. The molecule has 1 atom stereocenters. The molecule has 0 amide bonds. The molecule has 1 nitrogen and oxygen atoms in total. The molecule has 1 unspecified atom stereocenters. The van der Waals surface area contributed by atoms with Crippen LogP contribution in [-0.4, -0.2) is 6.54 Å². The highest BCUT2D eigenvalue weighted by atomic mass is 19.1. The maximum Gasteiger partial charge on any atom is 0.126 e. The van der Waals surface area contributed by atoms with E-state index in [1.54, 1.807) is 6.07 Å². The zero-order valence-electron chi connectivity index (χ0n) is 13.3. The van der Waals surface area contributed by atoms with Crippen molar-refractivity contribution < 1.29 is 4.39 Å². The quantitative estimate of drug-likeness (QED) is 0.819. The molecule has 0 fully saturated rings. The Morgan fingerprint density at radius 1 is 0.952 bits per heavy atom. The number of rotatable bonds is 5. The standard InChI is InChI=1S/C19H24FN/c1-5-21-19(17-10-11-18(20)14(4)12-17)16-8-6-15(7-9-16)13(2)3/h6-13,19,21H,5H2,1-4H3. The number of aryl methyl sites for hydroxylation is 1. The van der Waals surface area contributed by atoms with Gasteiger partial charge in [0.05, 0.1) is 6.04 Å². The molecular weight excluding hydrogens is 261 g/mol. The Balaban J connectivity index is 2.35. The van der Waals surface area contributed by atoms with Gasteiger partial charge >= 0.3 is 0 Å². The first-order valence-corrected chi connectivity index (χ1v) is 7.62. The van der Waals surface area contributed by atoms with Gasteiger partial charge in [0.15, 0.2) is 0 Å². The molecule has 1 N–H and O–H groups in total. The van der Waals surface area contributed by atoms with Gasteiger partial charge in [-0.3, -0.25) is 0 Å². The van der Waals surface area contributed by atoms with Crippen molar-refractivity contribution >= 4 is 0 Å². The van der Waals surface area contributed by atoms with Gasteiger partial charge in [-0.15, -0.1) is 0 Å². The van der Waals surface area contributed by atoms with Gasteiger partial charge in [0, 0.05) is 0 Å². The molecule has 0 radical (unpaired) electrons. The second kappa shape index (κ2) is 6.86. The van der Waals surface area contributed by atoms with E-state index in [2.05, 4.69) is 50.4 Å². The summed E-state index contributed by atoms with van der Waals surface area (Å²) in [6.45, 7) is 9.16. The van der Waals surface area contributed by atoms with E-state index in [4.69, 9.17) is 0 Å². The third kappa shape index (κ3) is 3.70. The number of benzene rings is 2. The fourth-order valence-electron chi connectivity index (χ4n) is 2.55. The van der Waals surface area contributed by atoms with Crippen molar-refractivity contribution in [2.75, 3.05) is 6.54 Å². The van der Waals surface area contributed by atoms with E-state index in [1.807, 2.05) is 19.1 Å². The largest absolute Gasteiger partial charge is 0.307 e. The van der Waals surface area contributed by atoms with Gasteiger partial charge in [0.1, 0.15) is 5.82 Å². The van der Waals surface area contributed by atoms with Crippen LogP contribution in [0.4, 0.5) is 4.39 Å². The minimum absolute atomic E-state index is 0.107. The van der Waals surface area contributed by atoms with E-state index in [1.165, 1.54) is 11.1 Å². The van der Waals surface area contributed by atoms with E-state index in [0.717, 1.165) is 12.1 Å². The van der Waals surface area contributed by atoms with E-state index >= 15 is 0 Å². The summed E-state index contributed by atoms with van der Waals surface area (Å²) in [6.07, 6.45) is 0. The van der Waals surface area contributed by atoms with Crippen molar-refractivity contribution in [2.24, 2.45) is 0 Å². The fraction of sp³-hybridized carbons (Fsp3) is 0.368. The topological polar surface area (TPSA) is 12.0 Å². The predicted molar refractivity (Wildman–Crippen MR) is 87.2 cm³/mol. The molecule has 0 aliphatic carbocycles. The normalized spacial score (nSPS) is 12.7. The van der Waals surface area contributed by atoms with Crippen LogP contribution in [0.1, 0.15) is 55.0 Å². The Hall–Kier alpha value is -1.67. The average molecular weight is 285 g/mol. The van der Waals surface area contributed by atoms with Gasteiger partial charge < -0.3 is 5.32 Å². The van der Waals surface area contributed by atoms with Crippen LogP contribution >= 0.6 is 0 Å². The van der Waals surface area contributed by atoms with Gasteiger partial charge in [-0.05, 0) is 47.7 Å².